The highest BCUT2D eigenvalue weighted by atomic mass is 14.3. The van der Waals surface area contributed by atoms with Crippen molar-refractivity contribution in [2.75, 3.05) is 0 Å². The fourth-order valence-corrected chi connectivity index (χ4v) is 1.10. The second-order valence-corrected chi connectivity index (χ2v) is 2.46. The number of nitriles is 1. The average molecular weight is 145 g/mol. The van der Waals surface area contributed by atoms with Gasteiger partial charge in [0.25, 0.3) is 0 Å². The lowest BCUT2D eigenvalue weighted by Gasteiger charge is -2.07. The van der Waals surface area contributed by atoms with Crippen LogP contribution in [0.5, 0.6) is 0 Å². The van der Waals surface area contributed by atoms with Crippen LogP contribution in [0.25, 0.3) is 0 Å². The van der Waals surface area contributed by atoms with Crippen molar-refractivity contribution in [2.24, 2.45) is 5.92 Å². The van der Waals surface area contributed by atoms with Gasteiger partial charge in [0.05, 0.1) is 12.0 Å². The van der Waals surface area contributed by atoms with Crippen molar-refractivity contribution in [3.63, 3.8) is 0 Å². The SMILES string of the molecule is CCC=C1C=CC=CC1C#N. The van der Waals surface area contributed by atoms with Crippen LogP contribution in [0.1, 0.15) is 13.3 Å². The van der Waals surface area contributed by atoms with Crippen LogP contribution in [0, 0.1) is 17.2 Å². The molecule has 1 aliphatic carbocycles. The maximum Gasteiger partial charge on any atom is 0.0893 e. The molecule has 0 aromatic rings. The van der Waals surface area contributed by atoms with E-state index in [0.29, 0.717) is 0 Å². The van der Waals surface area contributed by atoms with Gasteiger partial charge >= 0.3 is 0 Å². The minimum absolute atomic E-state index is 0.0278. The van der Waals surface area contributed by atoms with Crippen LogP contribution in [0.3, 0.4) is 0 Å². The van der Waals surface area contributed by atoms with Crippen molar-refractivity contribution in [3.8, 4) is 6.07 Å². The smallest absolute Gasteiger partial charge is 0.0893 e. The summed E-state index contributed by atoms with van der Waals surface area (Å²) in [7, 11) is 0. The van der Waals surface area contributed by atoms with E-state index in [1.807, 2.05) is 24.3 Å². The van der Waals surface area contributed by atoms with E-state index in [2.05, 4.69) is 19.1 Å². The second-order valence-electron chi connectivity index (χ2n) is 2.46. The van der Waals surface area contributed by atoms with E-state index in [4.69, 9.17) is 5.26 Å². The molecule has 1 heteroatoms. The molecule has 0 amide bonds. The largest absolute Gasteiger partial charge is 0.197 e. The third-order valence-corrected chi connectivity index (χ3v) is 1.64. The molecule has 11 heavy (non-hydrogen) atoms. The lowest BCUT2D eigenvalue weighted by atomic mass is 9.95. The molecule has 1 aliphatic rings. The predicted octanol–water partition coefficient (Wildman–Crippen LogP) is 2.59. The first-order chi connectivity index (χ1) is 5.38. The van der Waals surface area contributed by atoms with Gasteiger partial charge in [-0.05, 0) is 12.0 Å². The maximum absolute atomic E-state index is 8.71. The van der Waals surface area contributed by atoms with E-state index in [1.54, 1.807) is 0 Å². The summed E-state index contributed by atoms with van der Waals surface area (Å²) in [5.74, 6) is -0.0278. The molecule has 0 spiro atoms. The third kappa shape index (κ3) is 1.81. The summed E-state index contributed by atoms with van der Waals surface area (Å²) >= 11 is 0. The molecule has 0 aromatic heterocycles. The topological polar surface area (TPSA) is 23.8 Å². The normalized spacial score (nSPS) is 25.5. The molecule has 56 valence electrons. The molecule has 1 unspecified atom stereocenters. The van der Waals surface area contributed by atoms with Crippen molar-refractivity contribution >= 4 is 0 Å². The van der Waals surface area contributed by atoms with Gasteiger partial charge in [0, 0.05) is 0 Å². The van der Waals surface area contributed by atoms with Crippen LogP contribution >= 0.6 is 0 Å². The Kier molecular flexibility index (Phi) is 2.68. The molecule has 0 radical (unpaired) electrons. The van der Waals surface area contributed by atoms with Gasteiger partial charge in [-0.2, -0.15) is 5.26 Å². The number of allylic oxidation sites excluding steroid dienone is 6. The molecule has 0 N–H and O–H groups in total. The molecule has 0 saturated carbocycles. The van der Waals surface area contributed by atoms with E-state index in [1.165, 1.54) is 0 Å². The molecule has 1 atom stereocenters. The van der Waals surface area contributed by atoms with Gasteiger partial charge in [0.1, 0.15) is 0 Å². The molecule has 0 aliphatic heterocycles. The standard InChI is InChI=1S/C10H11N/c1-2-5-9-6-3-4-7-10(9)8-11/h3-7,10H,2H2,1H3. The van der Waals surface area contributed by atoms with Crippen LogP contribution in [0.4, 0.5) is 0 Å². The van der Waals surface area contributed by atoms with Gasteiger partial charge in [-0.1, -0.05) is 37.3 Å². The summed E-state index contributed by atoms with van der Waals surface area (Å²) < 4.78 is 0. The Morgan fingerprint density at radius 1 is 1.64 bits per heavy atom. The Labute approximate surface area is 67.3 Å². The van der Waals surface area contributed by atoms with Crippen molar-refractivity contribution in [2.45, 2.75) is 13.3 Å². The quantitative estimate of drug-likeness (QED) is 0.556. The highest BCUT2D eigenvalue weighted by molar-refractivity contribution is 5.36. The first kappa shape index (κ1) is 7.81. The van der Waals surface area contributed by atoms with Crippen LogP contribution in [-0.4, -0.2) is 0 Å². The lowest BCUT2D eigenvalue weighted by Crippen LogP contribution is -1.97. The van der Waals surface area contributed by atoms with Gasteiger partial charge in [-0.25, -0.2) is 0 Å². The second kappa shape index (κ2) is 3.78. The van der Waals surface area contributed by atoms with E-state index in [-0.39, 0.29) is 5.92 Å². The lowest BCUT2D eigenvalue weighted by molar-refractivity contribution is 0.987. The van der Waals surface area contributed by atoms with E-state index in [0.717, 1.165) is 12.0 Å². The first-order valence-electron chi connectivity index (χ1n) is 3.83. The number of hydrogen-bond acceptors (Lipinski definition) is 1. The van der Waals surface area contributed by atoms with E-state index >= 15 is 0 Å². The van der Waals surface area contributed by atoms with Crippen molar-refractivity contribution in [1.29, 1.82) is 5.26 Å². The van der Waals surface area contributed by atoms with Crippen LogP contribution in [0.15, 0.2) is 36.0 Å². The maximum atomic E-state index is 8.71. The van der Waals surface area contributed by atoms with Gasteiger partial charge in [-0.3, -0.25) is 0 Å². The zero-order chi connectivity index (χ0) is 8.10. The highest BCUT2D eigenvalue weighted by Gasteiger charge is 2.07. The molecule has 1 rings (SSSR count). The van der Waals surface area contributed by atoms with Crippen molar-refractivity contribution in [3.05, 3.63) is 36.0 Å². The predicted molar refractivity (Wildman–Crippen MR) is 45.8 cm³/mol. The molecule has 0 fully saturated rings. The van der Waals surface area contributed by atoms with Crippen molar-refractivity contribution < 1.29 is 0 Å². The van der Waals surface area contributed by atoms with Gasteiger partial charge in [0.15, 0.2) is 0 Å². The first-order valence-corrected chi connectivity index (χ1v) is 3.83. The summed E-state index contributed by atoms with van der Waals surface area (Å²) in [6.07, 6.45) is 10.9. The summed E-state index contributed by atoms with van der Waals surface area (Å²) in [6.45, 7) is 2.08. The summed E-state index contributed by atoms with van der Waals surface area (Å²) in [5, 5.41) is 8.71. The minimum Gasteiger partial charge on any atom is -0.197 e. The fraction of sp³-hybridized carbons (Fsp3) is 0.300. The Hall–Kier alpha value is -1.29. The average Bonchev–Trinajstić information content (AvgIpc) is 2.06. The fourth-order valence-electron chi connectivity index (χ4n) is 1.10. The van der Waals surface area contributed by atoms with Crippen LogP contribution in [-0.2, 0) is 0 Å². The number of hydrogen-bond donors (Lipinski definition) is 0. The molecule has 0 saturated heterocycles. The van der Waals surface area contributed by atoms with Gasteiger partial charge in [0.2, 0.25) is 0 Å². The summed E-state index contributed by atoms with van der Waals surface area (Å²) in [5.41, 5.74) is 1.12. The van der Waals surface area contributed by atoms with E-state index < -0.39 is 0 Å². The Bertz CT molecular complexity index is 251. The zero-order valence-electron chi connectivity index (χ0n) is 6.62. The number of nitrogens with zero attached hydrogens (tertiary/aromatic N) is 1. The summed E-state index contributed by atoms with van der Waals surface area (Å²) in [6, 6.07) is 2.23. The monoisotopic (exact) mass is 145 g/mol. The molecular weight excluding hydrogens is 134 g/mol. The van der Waals surface area contributed by atoms with Crippen molar-refractivity contribution in [1.82, 2.24) is 0 Å². The molecule has 0 heterocycles. The molecule has 0 aromatic carbocycles. The third-order valence-electron chi connectivity index (χ3n) is 1.64. The molecule has 0 bridgehead atoms. The molecule has 1 nitrogen and oxygen atoms in total. The zero-order valence-corrected chi connectivity index (χ0v) is 6.62. The Morgan fingerprint density at radius 3 is 3.09 bits per heavy atom. The molecular formula is C10H11N. The minimum atomic E-state index is -0.0278. The number of rotatable bonds is 1. The van der Waals surface area contributed by atoms with Crippen LogP contribution in [0.2, 0.25) is 0 Å². The highest BCUT2D eigenvalue weighted by Crippen LogP contribution is 2.17. The summed E-state index contributed by atoms with van der Waals surface area (Å²) in [4.78, 5) is 0. The Morgan fingerprint density at radius 2 is 2.45 bits per heavy atom. The van der Waals surface area contributed by atoms with Crippen LogP contribution < -0.4 is 0 Å². The van der Waals surface area contributed by atoms with Gasteiger partial charge in [-0.15, -0.1) is 0 Å². The Balaban J connectivity index is 2.81. The van der Waals surface area contributed by atoms with E-state index in [9.17, 15) is 0 Å². The van der Waals surface area contributed by atoms with Gasteiger partial charge < -0.3 is 0 Å².